The Kier molecular flexibility index (Phi) is 5.49. The van der Waals surface area contributed by atoms with E-state index in [1.165, 1.54) is 68.1 Å². The molecule has 0 spiro atoms. The first-order valence-corrected chi connectivity index (χ1v) is 14.5. The van der Waals surface area contributed by atoms with Crippen LogP contribution in [0.4, 0.5) is 0 Å². The van der Waals surface area contributed by atoms with E-state index < -0.39 is 5.60 Å². The molecule has 184 valence electrons. The third kappa shape index (κ3) is 3.28. The first kappa shape index (κ1) is 23.1. The topological polar surface area (TPSA) is 20.2 Å². The summed E-state index contributed by atoms with van der Waals surface area (Å²) in [4.78, 5) is 0. The molecule has 0 amide bonds. The lowest BCUT2D eigenvalue weighted by Crippen LogP contribution is -2.57. The SMILES string of the molecule is C=C1CCC2=C3C(c4ccc(C5CCCC5)cc4)CC4(C)C(C)CCCC4(C)C3CCC2(O)C1. The summed E-state index contributed by atoms with van der Waals surface area (Å²) in [7, 11) is 0. The van der Waals surface area contributed by atoms with Crippen molar-refractivity contribution in [1.29, 1.82) is 0 Å². The van der Waals surface area contributed by atoms with Gasteiger partial charge in [-0.05, 0) is 96.7 Å². The fourth-order valence-electron chi connectivity index (χ4n) is 9.70. The zero-order valence-corrected chi connectivity index (χ0v) is 22.0. The number of hydrogen-bond donors (Lipinski definition) is 1. The number of allylic oxidation sites excluding steroid dienone is 1. The fraction of sp³-hybridized carbons (Fsp3) is 0.697. The summed E-state index contributed by atoms with van der Waals surface area (Å²) in [5.41, 5.74) is 7.51. The fourth-order valence-corrected chi connectivity index (χ4v) is 9.70. The van der Waals surface area contributed by atoms with Crippen LogP contribution in [0, 0.1) is 22.7 Å². The molecule has 0 aromatic heterocycles. The van der Waals surface area contributed by atoms with Crippen LogP contribution in [-0.4, -0.2) is 10.7 Å². The Balaban J connectivity index is 1.47. The zero-order chi connectivity index (χ0) is 23.7. The normalized spacial score (nSPS) is 42.8. The van der Waals surface area contributed by atoms with Crippen LogP contribution >= 0.6 is 0 Å². The Morgan fingerprint density at radius 2 is 1.56 bits per heavy atom. The highest BCUT2D eigenvalue weighted by Crippen LogP contribution is 2.70. The molecule has 1 heteroatoms. The van der Waals surface area contributed by atoms with Gasteiger partial charge in [0, 0.05) is 12.3 Å². The summed E-state index contributed by atoms with van der Waals surface area (Å²) in [6, 6.07) is 9.89. The molecule has 1 nitrogen and oxygen atoms in total. The van der Waals surface area contributed by atoms with E-state index in [-0.39, 0.29) is 0 Å². The van der Waals surface area contributed by atoms with Gasteiger partial charge in [-0.15, -0.1) is 0 Å². The molecule has 6 unspecified atom stereocenters. The van der Waals surface area contributed by atoms with Crippen molar-refractivity contribution in [2.75, 3.05) is 0 Å². The highest BCUT2D eigenvalue weighted by Gasteiger charge is 2.61. The van der Waals surface area contributed by atoms with Crippen molar-refractivity contribution in [2.45, 2.75) is 122 Å². The van der Waals surface area contributed by atoms with Crippen LogP contribution in [-0.2, 0) is 0 Å². The van der Waals surface area contributed by atoms with Gasteiger partial charge < -0.3 is 5.11 Å². The average molecular weight is 459 g/mol. The van der Waals surface area contributed by atoms with E-state index in [4.69, 9.17) is 0 Å². The molecular weight excluding hydrogens is 412 g/mol. The van der Waals surface area contributed by atoms with Crippen LogP contribution in [0.2, 0.25) is 0 Å². The number of aliphatic hydroxyl groups is 1. The van der Waals surface area contributed by atoms with Crippen LogP contribution in [0.15, 0.2) is 47.6 Å². The van der Waals surface area contributed by atoms with Gasteiger partial charge in [0.25, 0.3) is 0 Å². The highest BCUT2D eigenvalue weighted by molar-refractivity contribution is 5.45. The summed E-state index contributed by atoms with van der Waals surface area (Å²) in [6.45, 7) is 12.1. The van der Waals surface area contributed by atoms with E-state index >= 15 is 0 Å². The first-order chi connectivity index (χ1) is 16.3. The van der Waals surface area contributed by atoms with Crippen LogP contribution < -0.4 is 0 Å². The van der Waals surface area contributed by atoms with Gasteiger partial charge in [0.1, 0.15) is 0 Å². The molecule has 6 atom stereocenters. The summed E-state index contributed by atoms with van der Waals surface area (Å²) >= 11 is 0. The lowest BCUT2D eigenvalue weighted by Gasteiger charge is -2.65. The summed E-state index contributed by atoms with van der Waals surface area (Å²) in [5, 5.41) is 11.9. The predicted molar refractivity (Wildman–Crippen MR) is 142 cm³/mol. The number of fused-ring (bicyclic) bond motifs is 4. The van der Waals surface area contributed by atoms with E-state index in [0.29, 0.717) is 22.7 Å². The van der Waals surface area contributed by atoms with Gasteiger partial charge in [-0.1, -0.05) is 88.4 Å². The van der Waals surface area contributed by atoms with E-state index in [0.717, 1.165) is 43.9 Å². The quantitative estimate of drug-likeness (QED) is 0.439. The van der Waals surface area contributed by atoms with Crippen molar-refractivity contribution >= 4 is 0 Å². The molecule has 34 heavy (non-hydrogen) atoms. The smallest absolute Gasteiger partial charge is 0.0896 e. The van der Waals surface area contributed by atoms with Crippen LogP contribution in [0.5, 0.6) is 0 Å². The molecule has 4 fully saturated rings. The van der Waals surface area contributed by atoms with Gasteiger partial charge in [0.2, 0.25) is 0 Å². The van der Waals surface area contributed by atoms with Gasteiger partial charge in [0.15, 0.2) is 0 Å². The number of rotatable bonds is 2. The molecule has 5 aliphatic rings. The molecule has 4 saturated carbocycles. The van der Waals surface area contributed by atoms with Crippen LogP contribution in [0.3, 0.4) is 0 Å². The molecule has 6 rings (SSSR count). The Morgan fingerprint density at radius 1 is 0.853 bits per heavy atom. The van der Waals surface area contributed by atoms with Gasteiger partial charge in [-0.2, -0.15) is 0 Å². The zero-order valence-electron chi connectivity index (χ0n) is 22.0. The molecule has 0 heterocycles. The molecular formula is C33H46O. The van der Waals surface area contributed by atoms with Gasteiger partial charge >= 0.3 is 0 Å². The molecule has 1 aromatic rings. The maximum Gasteiger partial charge on any atom is 0.0896 e. The summed E-state index contributed by atoms with van der Waals surface area (Å²) < 4.78 is 0. The maximum atomic E-state index is 11.9. The standard InChI is InChI=1S/C33H46O/c1-22-11-16-29-30-27(26-14-12-25(13-15-26)24-9-5-6-10-24)21-32(4)23(2)8-7-18-31(32,3)28(30)17-19-33(29,34)20-22/h12-15,23-24,27-28,34H,1,5-11,16-21H2,2-4H3. The van der Waals surface area contributed by atoms with Crippen molar-refractivity contribution in [3.05, 3.63) is 58.7 Å². The lowest BCUT2D eigenvalue weighted by molar-refractivity contribution is -0.107. The van der Waals surface area contributed by atoms with Gasteiger partial charge in [-0.3, -0.25) is 0 Å². The first-order valence-electron chi connectivity index (χ1n) is 14.5. The van der Waals surface area contributed by atoms with E-state index in [1.807, 2.05) is 0 Å². The second kappa shape index (κ2) is 8.09. The highest BCUT2D eigenvalue weighted by atomic mass is 16.3. The summed E-state index contributed by atoms with van der Waals surface area (Å²) in [6.07, 6.45) is 15.8. The molecule has 1 N–H and O–H groups in total. The Bertz CT molecular complexity index is 994. The van der Waals surface area contributed by atoms with Crippen molar-refractivity contribution in [3.63, 3.8) is 0 Å². The van der Waals surface area contributed by atoms with Crippen LogP contribution in [0.25, 0.3) is 0 Å². The third-order valence-corrected chi connectivity index (χ3v) is 12.1. The molecule has 0 saturated heterocycles. The predicted octanol–water partition coefficient (Wildman–Crippen LogP) is 8.84. The Morgan fingerprint density at radius 3 is 2.29 bits per heavy atom. The van der Waals surface area contributed by atoms with Crippen molar-refractivity contribution in [2.24, 2.45) is 22.7 Å². The second-order valence-corrected chi connectivity index (χ2v) is 13.5. The lowest BCUT2D eigenvalue weighted by atomic mass is 9.39. The molecule has 0 aliphatic heterocycles. The Labute approximate surface area is 208 Å². The minimum Gasteiger partial charge on any atom is -0.385 e. The van der Waals surface area contributed by atoms with Gasteiger partial charge in [0.05, 0.1) is 5.60 Å². The number of benzene rings is 1. The minimum atomic E-state index is -0.631. The van der Waals surface area contributed by atoms with Crippen LogP contribution in [0.1, 0.15) is 127 Å². The third-order valence-electron chi connectivity index (χ3n) is 12.1. The Hall–Kier alpha value is -1.34. The maximum absolute atomic E-state index is 11.9. The van der Waals surface area contributed by atoms with Gasteiger partial charge in [-0.25, -0.2) is 0 Å². The molecule has 1 aromatic carbocycles. The molecule has 5 aliphatic carbocycles. The molecule has 0 bridgehead atoms. The molecule has 0 radical (unpaired) electrons. The van der Waals surface area contributed by atoms with E-state index in [9.17, 15) is 5.11 Å². The average Bonchev–Trinajstić information content (AvgIpc) is 3.35. The summed E-state index contributed by atoms with van der Waals surface area (Å²) in [5.74, 6) is 2.63. The second-order valence-electron chi connectivity index (χ2n) is 13.5. The van der Waals surface area contributed by atoms with Crippen molar-refractivity contribution in [3.8, 4) is 0 Å². The van der Waals surface area contributed by atoms with E-state index in [2.05, 4.69) is 51.6 Å². The van der Waals surface area contributed by atoms with E-state index in [1.54, 1.807) is 11.1 Å². The van der Waals surface area contributed by atoms with Crippen molar-refractivity contribution in [1.82, 2.24) is 0 Å². The van der Waals surface area contributed by atoms with Crippen molar-refractivity contribution < 1.29 is 5.11 Å². The largest absolute Gasteiger partial charge is 0.385 e. The number of hydrogen-bond acceptors (Lipinski definition) is 1. The monoisotopic (exact) mass is 458 g/mol. The minimum absolute atomic E-state index is 0.350.